The van der Waals surface area contributed by atoms with Crippen molar-refractivity contribution in [2.45, 2.75) is 38.5 Å². The Bertz CT molecular complexity index is 970. The van der Waals surface area contributed by atoms with Gasteiger partial charge < -0.3 is 10.6 Å². The first-order valence-electron chi connectivity index (χ1n) is 12.9. The van der Waals surface area contributed by atoms with E-state index in [1.54, 1.807) is 48.5 Å². The summed E-state index contributed by atoms with van der Waals surface area (Å²) in [6.07, 6.45) is 5.95. The first kappa shape index (κ1) is 31.8. The van der Waals surface area contributed by atoms with Crippen molar-refractivity contribution >= 4 is 57.6 Å². The van der Waals surface area contributed by atoms with Crippen LogP contribution in [0.2, 0.25) is 0 Å². The molecule has 0 bridgehead atoms. The number of fused-ring (bicyclic) bond motifs is 2. The number of hydrogen-bond donors (Lipinski definition) is 2. The smallest absolute Gasteiger partial charge is 0.261 e. The first-order chi connectivity index (χ1) is 17.6. The Morgan fingerprint density at radius 2 is 0.737 bits per heavy atom. The molecule has 8 nitrogen and oxygen atoms in total. The highest BCUT2D eigenvalue weighted by Crippen LogP contribution is 2.23. The van der Waals surface area contributed by atoms with Gasteiger partial charge in [0, 0.05) is 13.1 Å². The molecule has 4 rings (SSSR count). The van der Waals surface area contributed by atoms with Crippen LogP contribution >= 0.6 is 34.0 Å². The van der Waals surface area contributed by atoms with Crippen LogP contribution in [-0.4, -0.2) is 72.7 Å². The third-order valence-electron chi connectivity index (χ3n) is 6.68. The van der Waals surface area contributed by atoms with Crippen LogP contribution in [0.4, 0.5) is 0 Å². The third-order valence-corrected chi connectivity index (χ3v) is 6.68. The Labute approximate surface area is 245 Å². The van der Waals surface area contributed by atoms with Gasteiger partial charge in [0.15, 0.2) is 0 Å². The van der Waals surface area contributed by atoms with Crippen LogP contribution in [0.5, 0.6) is 0 Å². The lowest BCUT2D eigenvalue weighted by atomic mass is 10.1. The van der Waals surface area contributed by atoms with Crippen LogP contribution in [-0.2, 0) is 0 Å². The van der Waals surface area contributed by atoms with Crippen LogP contribution in [0, 0.1) is 0 Å². The third kappa shape index (κ3) is 7.59. The van der Waals surface area contributed by atoms with E-state index in [1.165, 1.54) is 9.80 Å². The maximum atomic E-state index is 12.3. The van der Waals surface area contributed by atoms with E-state index in [1.807, 2.05) is 0 Å². The Morgan fingerprint density at radius 1 is 0.447 bits per heavy atom. The van der Waals surface area contributed by atoms with Crippen molar-refractivity contribution in [3.8, 4) is 0 Å². The number of halogens is 2. The van der Waals surface area contributed by atoms with Gasteiger partial charge >= 0.3 is 0 Å². The monoisotopic (exact) mass is 650 g/mol. The van der Waals surface area contributed by atoms with Crippen molar-refractivity contribution in [3.05, 3.63) is 70.8 Å². The summed E-state index contributed by atoms with van der Waals surface area (Å²) in [6.45, 7) is 4.30. The predicted molar refractivity (Wildman–Crippen MR) is 158 cm³/mol. The second-order valence-corrected chi connectivity index (χ2v) is 9.24. The van der Waals surface area contributed by atoms with Crippen molar-refractivity contribution in [3.63, 3.8) is 0 Å². The molecule has 2 aliphatic heterocycles. The molecule has 0 spiro atoms. The molecule has 0 aromatic heterocycles. The minimum absolute atomic E-state index is 0. The van der Waals surface area contributed by atoms with Gasteiger partial charge in [-0.15, -0.1) is 34.0 Å². The van der Waals surface area contributed by atoms with Crippen LogP contribution in [0.3, 0.4) is 0 Å². The van der Waals surface area contributed by atoms with Crippen LogP contribution in [0.1, 0.15) is 80.0 Å². The number of unbranched alkanes of at least 4 members (excludes halogenated alkanes) is 3. The van der Waals surface area contributed by atoms with Gasteiger partial charge in [0.05, 0.1) is 22.3 Å². The van der Waals surface area contributed by atoms with Gasteiger partial charge in [-0.25, -0.2) is 0 Å². The molecule has 0 atom stereocenters. The standard InChI is InChI=1S/C28H34N4O4.2BrH/c33-25-21-11-3-4-12-22(21)26(34)31(25)19-9-17-29-15-7-1-2-8-16-30-18-10-20-32-27(35)23-13-5-6-14-24(23)28(32)36;;/h3-6,11-14,29-30H,1-2,7-10,15-20H2;2*1H. The lowest BCUT2D eigenvalue weighted by Gasteiger charge is -2.14. The topological polar surface area (TPSA) is 98.8 Å². The normalized spacial score (nSPS) is 13.9. The van der Waals surface area contributed by atoms with E-state index in [9.17, 15) is 19.2 Å². The summed E-state index contributed by atoms with van der Waals surface area (Å²) in [6, 6.07) is 14.0. The summed E-state index contributed by atoms with van der Waals surface area (Å²) in [5.74, 6) is -0.749. The molecule has 0 radical (unpaired) electrons. The molecule has 10 heteroatoms. The summed E-state index contributed by atoms with van der Waals surface area (Å²) < 4.78 is 0. The molecule has 206 valence electrons. The quantitative estimate of drug-likeness (QED) is 0.221. The van der Waals surface area contributed by atoms with E-state index < -0.39 is 0 Å². The molecular weight excluding hydrogens is 616 g/mol. The molecular formula is C28H36Br2N4O4. The van der Waals surface area contributed by atoms with Crippen LogP contribution in [0.15, 0.2) is 48.5 Å². The number of nitrogens with one attached hydrogen (secondary N) is 2. The van der Waals surface area contributed by atoms with Gasteiger partial charge in [0.1, 0.15) is 0 Å². The van der Waals surface area contributed by atoms with Crippen molar-refractivity contribution < 1.29 is 19.2 Å². The summed E-state index contributed by atoms with van der Waals surface area (Å²) in [4.78, 5) is 52.0. The second-order valence-electron chi connectivity index (χ2n) is 9.24. The maximum absolute atomic E-state index is 12.3. The molecule has 4 amide bonds. The van der Waals surface area contributed by atoms with E-state index in [0.717, 1.165) is 64.7 Å². The van der Waals surface area contributed by atoms with Crippen LogP contribution < -0.4 is 10.6 Å². The average molecular weight is 652 g/mol. The van der Waals surface area contributed by atoms with Gasteiger partial charge in [0.25, 0.3) is 23.6 Å². The van der Waals surface area contributed by atoms with Gasteiger partial charge in [-0.3, -0.25) is 29.0 Å². The largest absolute Gasteiger partial charge is 0.317 e. The number of rotatable bonds is 15. The number of imide groups is 2. The molecule has 0 aliphatic carbocycles. The Hall–Kier alpha value is -2.40. The first-order valence-corrected chi connectivity index (χ1v) is 12.9. The fourth-order valence-corrected chi connectivity index (χ4v) is 4.71. The summed E-state index contributed by atoms with van der Waals surface area (Å²) in [7, 11) is 0. The van der Waals surface area contributed by atoms with Gasteiger partial charge in [-0.2, -0.15) is 0 Å². The zero-order valence-electron chi connectivity index (χ0n) is 21.4. The second kappa shape index (κ2) is 15.9. The molecule has 2 aromatic rings. The maximum Gasteiger partial charge on any atom is 0.261 e. The van der Waals surface area contributed by atoms with E-state index in [2.05, 4.69) is 10.6 Å². The molecule has 0 unspecified atom stereocenters. The van der Waals surface area contributed by atoms with E-state index in [0.29, 0.717) is 35.3 Å². The highest BCUT2D eigenvalue weighted by Gasteiger charge is 2.35. The van der Waals surface area contributed by atoms with E-state index >= 15 is 0 Å². The Kier molecular flexibility index (Phi) is 13.3. The summed E-state index contributed by atoms with van der Waals surface area (Å²) >= 11 is 0. The number of carbonyl (C=O) groups is 4. The minimum atomic E-state index is -0.187. The number of amides is 4. The number of carbonyl (C=O) groups excluding carboxylic acids is 4. The summed E-state index contributed by atoms with van der Waals surface area (Å²) in [5.41, 5.74) is 2.03. The lowest BCUT2D eigenvalue weighted by molar-refractivity contribution is 0.0637. The molecule has 2 N–H and O–H groups in total. The molecule has 0 fully saturated rings. The van der Waals surface area contributed by atoms with Crippen LogP contribution in [0.25, 0.3) is 0 Å². The molecule has 2 aliphatic rings. The Balaban J connectivity index is 0.00000253. The molecule has 2 heterocycles. The van der Waals surface area contributed by atoms with Crippen molar-refractivity contribution in [2.75, 3.05) is 39.3 Å². The minimum Gasteiger partial charge on any atom is -0.317 e. The molecule has 0 saturated carbocycles. The van der Waals surface area contributed by atoms with Gasteiger partial charge in [-0.1, -0.05) is 37.1 Å². The summed E-state index contributed by atoms with van der Waals surface area (Å²) in [5, 5.41) is 6.79. The fraction of sp³-hybridized carbons (Fsp3) is 0.429. The average Bonchev–Trinajstić information content (AvgIpc) is 3.29. The van der Waals surface area contributed by atoms with Crippen molar-refractivity contribution in [1.82, 2.24) is 20.4 Å². The van der Waals surface area contributed by atoms with Crippen molar-refractivity contribution in [2.24, 2.45) is 0 Å². The molecule has 2 aromatic carbocycles. The molecule has 38 heavy (non-hydrogen) atoms. The number of hydrogen-bond acceptors (Lipinski definition) is 6. The zero-order chi connectivity index (χ0) is 25.3. The van der Waals surface area contributed by atoms with Gasteiger partial charge in [0.2, 0.25) is 0 Å². The highest BCUT2D eigenvalue weighted by molar-refractivity contribution is 8.93. The number of benzene rings is 2. The lowest BCUT2D eigenvalue weighted by Crippen LogP contribution is -2.32. The molecule has 0 saturated heterocycles. The SMILES string of the molecule is Br.Br.O=C1c2ccccc2C(=O)N1CCCNCCCCCCNCCCN1C(=O)c2ccccc2C1=O. The fourth-order valence-electron chi connectivity index (χ4n) is 4.71. The van der Waals surface area contributed by atoms with E-state index in [-0.39, 0.29) is 57.6 Å². The highest BCUT2D eigenvalue weighted by atomic mass is 79.9. The van der Waals surface area contributed by atoms with Gasteiger partial charge in [-0.05, 0) is 76.1 Å². The predicted octanol–water partition coefficient (Wildman–Crippen LogP) is 4.25. The van der Waals surface area contributed by atoms with Crippen molar-refractivity contribution in [1.29, 1.82) is 0 Å². The van der Waals surface area contributed by atoms with E-state index in [4.69, 9.17) is 0 Å². The Morgan fingerprint density at radius 3 is 1.05 bits per heavy atom. The zero-order valence-corrected chi connectivity index (χ0v) is 24.9. The number of nitrogens with zero attached hydrogens (tertiary/aromatic N) is 2.